The van der Waals surface area contributed by atoms with Crippen molar-refractivity contribution in [3.63, 3.8) is 0 Å². The van der Waals surface area contributed by atoms with Crippen molar-refractivity contribution in [1.29, 1.82) is 0 Å². The maximum Gasteiger partial charge on any atom is 0.267 e. The molecule has 0 saturated carbocycles. The van der Waals surface area contributed by atoms with Gasteiger partial charge in [-0.05, 0) is 0 Å². The smallest absolute Gasteiger partial charge is 0.267 e. The molecule has 0 aromatic carbocycles. The lowest BCUT2D eigenvalue weighted by atomic mass is 10.2. The van der Waals surface area contributed by atoms with Crippen molar-refractivity contribution in [3.8, 4) is 0 Å². The van der Waals surface area contributed by atoms with Gasteiger partial charge in [-0.15, -0.1) is 11.6 Å². The summed E-state index contributed by atoms with van der Waals surface area (Å²) >= 11 is 5.23. The Morgan fingerprint density at radius 1 is 1.69 bits per heavy atom. The minimum atomic E-state index is -2.89. The van der Waals surface area contributed by atoms with E-state index >= 15 is 0 Å². The van der Waals surface area contributed by atoms with Gasteiger partial charge in [0.15, 0.2) is 0 Å². The van der Waals surface area contributed by atoms with Gasteiger partial charge in [0.1, 0.15) is 5.88 Å². The molecular weight excluding hydrogens is 204 g/mol. The number of nitrogens with zero attached hydrogens (tertiary/aromatic N) is 1. The van der Waals surface area contributed by atoms with Crippen LogP contribution in [0.15, 0.2) is 0 Å². The summed E-state index contributed by atoms with van der Waals surface area (Å²) in [5.41, 5.74) is 0. The second-order valence-corrected chi connectivity index (χ2v) is 3.32. The Kier molecular flexibility index (Phi) is 3.08. The molecule has 1 fully saturated rings. The van der Waals surface area contributed by atoms with Gasteiger partial charge in [0.25, 0.3) is 5.92 Å². The molecule has 1 aliphatic heterocycles. The summed E-state index contributed by atoms with van der Waals surface area (Å²) in [6.07, 6.45) is -0.480. The number of aliphatic hydroxyl groups excluding tert-OH is 1. The third-order valence-electron chi connectivity index (χ3n) is 2.02. The van der Waals surface area contributed by atoms with E-state index in [1.807, 2.05) is 0 Å². The molecule has 6 heteroatoms. The zero-order chi connectivity index (χ0) is 10.1. The van der Waals surface area contributed by atoms with Crippen molar-refractivity contribution in [3.05, 3.63) is 0 Å². The van der Waals surface area contributed by atoms with Crippen molar-refractivity contribution in [2.45, 2.75) is 18.4 Å². The van der Waals surface area contributed by atoms with Crippen molar-refractivity contribution in [2.75, 3.05) is 19.0 Å². The van der Waals surface area contributed by atoms with Crippen LogP contribution in [-0.2, 0) is 4.79 Å². The molecule has 76 valence electrons. The number of likely N-dealkylation sites (tertiary alicyclic amines) is 1. The van der Waals surface area contributed by atoms with Gasteiger partial charge < -0.3 is 10.0 Å². The zero-order valence-corrected chi connectivity index (χ0v) is 7.60. The van der Waals surface area contributed by atoms with Crippen molar-refractivity contribution >= 4 is 17.5 Å². The Morgan fingerprint density at radius 2 is 2.31 bits per heavy atom. The average molecular weight is 214 g/mol. The quantitative estimate of drug-likeness (QED) is 0.677. The highest BCUT2D eigenvalue weighted by molar-refractivity contribution is 6.27. The highest BCUT2D eigenvalue weighted by Crippen LogP contribution is 2.31. The molecular formula is C7H10ClF2NO2. The molecule has 0 spiro atoms. The number of halogens is 3. The Hall–Kier alpha value is -0.420. The van der Waals surface area contributed by atoms with E-state index in [1.165, 1.54) is 0 Å². The van der Waals surface area contributed by atoms with Crippen LogP contribution in [0.2, 0.25) is 0 Å². The number of hydrogen-bond acceptors (Lipinski definition) is 2. The monoisotopic (exact) mass is 213 g/mol. The number of carbonyl (C=O) groups excluding carboxylic acids is 1. The number of carbonyl (C=O) groups is 1. The molecule has 0 aromatic heterocycles. The first-order valence-electron chi connectivity index (χ1n) is 3.84. The van der Waals surface area contributed by atoms with E-state index in [0.29, 0.717) is 0 Å². The fraction of sp³-hybridized carbons (Fsp3) is 0.857. The molecule has 0 radical (unpaired) electrons. The van der Waals surface area contributed by atoms with Crippen LogP contribution in [0.1, 0.15) is 6.42 Å². The second-order valence-electron chi connectivity index (χ2n) is 3.05. The van der Waals surface area contributed by atoms with Crippen molar-refractivity contribution in [2.24, 2.45) is 0 Å². The highest BCUT2D eigenvalue weighted by atomic mass is 35.5. The van der Waals surface area contributed by atoms with Crippen molar-refractivity contribution in [1.82, 2.24) is 4.90 Å². The molecule has 1 rings (SSSR count). The van der Waals surface area contributed by atoms with Crippen LogP contribution in [0, 0.1) is 0 Å². The number of amides is 1. The van der Waals surface area contributed by atoms with Gasteiger partial charge in [-0.25, -0.2) is 8.78 Å². The molecule has 1 N–H and O–H groups in total. The minimum absolute atomic E-state index is 0.327. The SMILES string of the molecule is O=C(CCl)N1CC(F)(F)CC1CO. The number of rotatable bonds is 2. The summed E-state index contributed by atoms with van der Waals surface area (Å²) in [6, 6.07) is -0.791. The molecule has 1 heterocycles. The number of alkyl halides is 3. The largest absolute Gasteiger partial charge is 0.394 e. The summed E-state index contributed by atoms with van der Waals surface area (Å²) in [5.74, 6) is -3.78. The van der Waals surface area contributed by atoms with Gasteiger partial charge in [-0.2, -0.15) is 0 Å². The van der Waals surface area contributed by atoms with E-state index in [0.717, 1.165) is 4.90 Å². The maximum atomic E-state index is 12.8. The Bertz CT molecular complexity index is 213. The summed E-state index contributed by atoms with van der Waals surface area (Å²) in [7, 11) is 0. The topological polar surface area (TPSA) is 40.5 Å². The van der Waals surface area contributed by atoms with Crippen LogP contribution in [0.3, 0.4) is 0 Å². The minimum Gasteiger partial charge on any atom is -0.394 e. The van der Waals surface area contributed by atoms with Crippen LogP contribution in [0.4, 0.5) is 8.78 Å². The molecule has 0 aliphatic carbocycles. The van der Waals surface area contributed by atoms with Crippen molar-refractivity contribution < 1.29 is 18.7 Å². The predicted molar refractivity (Wildman–Crippen MR) is 42.9 cm³/mol. The predicted octanol–water partition coefficient (Wildman–Crippen LogP) is 0.454. The molecule has 3 nitrogen and oxygen atoms in total. The van der Waals surface area contributed by atoms with Crippen LogP contribution < -0.4 is 0 Å². The van der Waals surface area contributed by atoms with Gasteiger partial charge in [0.05, 0.1) is 19.2 Å². The normalized spacial score (nSPS) is 26.5. The van der Waals surface area contributed by atoms with E-state index in [4.69, 9.17) is 16.7 Å². The molecule has 0 bridgehead atoms. The summed E-state index contributed by atoms with van der Waals surface area (Å²) in [6.45, 7) is -1.08. The maximum absolute atomic E-state index is 12.8. The third kappa shape index (κ3) is 2.28. The summed E-state index contributed by atoms with van der Waals surface area (Å²) in [5, 5.41) is 8.74. The molecule has 13 heavy (non-hydrogen) atoms. The van der Waals surface area contributed by atoms with Crippen LogP contribution in [-0.4, -0.2) is 46.9 Å². The highest BCUT2D eigenvalue weighted by Gasteiger charge is 2.46. The van der Waals surface area contributed by atoms with E-state index in [9.17, 15) is 13.6 Å². The lowest BCUT2D eigenvalue weighted by Gasteiger charge is -2.20. The average Bonchev–Trinajstić information content (AvgIpc) is 2.39. The lowest BCUT2D eigenvalue weighted by Crippen LogP contribution is -2.39. The third-order valence-corrected chi connectivity index (χ3v) is 2.25. The van der Waals surface area contributed by atoms with Crippen LogP contribution in [0.25, 0.3) is 0 Å². The molecule has 1 atom stereocenters. The molecule has 1 amide bonds. The Labute approximate surface area is 79.3 Å². The van der Waals surface area contributed by atoms with Gasteiger partial charge in [0.2, 0.25) is 5.91 Å². The van der Waals surface area contributed by atoms with E-state index in [-0.39, 0.29) is 5.88 Å². The van der Waals surface area contributed by atoms with E-state index < -0.39 is 37.4 Å². The first-order valence-corrected chi connectivity index (χ1v) is 4.38. The summed E-state index contributed by atoms with van der Waals surface area (Å²) in [4.78, 5) is 12.0. The van der Waals surface area contributed by atoms with Crippen LogP contribution >= 0.6 is 11.6 Å². The van der Waals surface area contributed by atoms with Gasteiger partial charge in [-0.1, -0.05) is 0 Å². The van der Waals surface area contributed by atoms with Crippen LogP contribution in [0.5, 0.6) is 0 Å². The van der Waals surface area contributed by atoms with E-state index in [1.54, 1.807) is 0 Å². The van der Waals surface area contributed by atoms with Gasteiger partial charge in [0, 0.05) is 6.42 Å². The fourth-order valence-corrected chi connectivity index (χ4v) is 1.58. The molecule has 1 unspecified atom stereocenters. The number of hydrogen-bond donors (Lipinski definition) is 1. The van der Waals surface area contributed by atoms with E-state index in [2.05, 4.69) is 0 Å². The molecule has 1 saturated heterocycles. The molecule has 1 aliphatic rings. The molecule has 0 aromatic rings. The standard InChI is InChI=1S/C7H10ClF2NO2/c8-2-6(13)11-4-7(9,10)1-5(11)3-12/h5,12H,1-4H2. The second kappa shape index (κ2) is 3.75. The van der Waals surface area contributed by atoms with Gasteiger partial charge in [-0.3, -0.25) is 4.79 Å². The lowest BCUT2D eigenvalue weighted by molar-refractivity contribution is -0.131. The number of aliphatic hydroxyl groups is 1. The first kappa shape index (κ1) is 10.7. The Morgan fingerprint density at radius 3 is 2.77 bits per heavy atom. The summed E-state index contributed by atoms with van der Waals surface area (Å²) < 4.78 is 25.6. The fourth-order valence-electron chi connectivity index (χ4n) is 1.43. The van der Waals surface area contributed by atoms with Gasteiger partial charge >= 0.3 is 0 Å². The first-order chi connectivity index (χ1) is 6.00. The zero-order valence-electron chi connectivity index (χ0n) is 6.84. The Balaban J connectivity index is 2.69.